The first-order valence-electron chi connectivity index (χ1n) is 5.53. The van der Waals surface area contributed by atoms with Crippen LogP contribution >= 0.6 is 11.3 Å². The minimum Gasteiger partial charge on any atom is -0.330 e. The highest BCUT2D eigenvalue weighted by molar-refractivity contribution is 7.09. The molecule has 3 heteroatoms. The minimum atomic E-state index is 0.0216. The van der Waals surface area contributed by atoms with Gasteiger partial charge < -0.3 is 5.73 Å². The summed E-state index contributed by atoms with van der Waals surface area (Å²) < 4.78 is 0. The maximum absolute atomic E-state index is 5.76. The van der Waals surface area contributed by atoms with Gasteiger partial charge in [-0.25, -0.2) is 4.98 Å². The molecular formula is C12H20N2S. The van der Waals surface area contributed by atoms with Gasteiger partial charge in [0.25, 0.3) is 0 Å². The molecule has 0 spiro atoms. The van der Waals surface area contributed by atoms with E-state index in [-0.39, 0.29) is 5.41 Å². The highest BCUT2D eigenvalue weighted by Gasteiger charge is 2.48. The zero-order chi connectivity index (χ0) is 11.3. The van der Waals surface area contributed by atoms with Gasteiger partial charge >= 0.3 is 0 Å². The second kappa shape index (κ2) is 3.29. The third kappa shape index (κ3) is 1.95. The lowest BCUT2D eigenvalue weighted by Gasteiger charge is -2.19. The van der Waals surface area contributed by atoms with Gasteiger partial charge in [-0.05, 0) is 11.8 Å². The van der Waals surface area contributed by atoms with E-state index in [2.05, 4.69) is 33.1 Å². The lowest BCUT2D eigenvalue weighted by atomic mass is 9.90. The van der Waals surface area contributed by atoms with E-state index in [0.717, 1.165) is 5.69 Å². The molecule has 0 saturated heterocycles. The molecule has 0 radical (unpaired) electrons. The number of hydrogen-bond donors (Lipinski definition) is 1. The predicted molar refractivity (Wildman–Crippen MR) is 65.3 cm³/mol. The molecule has 0 aliphatic heterocycles. The van der Waals surface area contributed by atoms with Crippen LogP contribution in [0, 0.1) is 5.41 Å². The van der Waals surface area contributed by atoms with Crippen molar-refractivity contribution in [2.45, 2.75) is 45.4 Å². The zero-order valence-electron chi connectivity index (χ0n) is 10.0. The molecule has 84 valence electrons. The number of hydrogen-bond acceptors (Lipinski definition) is 3. The number of nitrogens with two attached hydrogens (primary N) is 1. The summed E-state index contributed by atoms with van der Waals surface area (Å²) >= 11 is 1.80. The summed E-state index contributed by atoms with van der Waals surface area (Å²) in [6.45, 7) is 9.59. The van der Waals surface area contributed by atoms with Gasteiger partial charge in [-0.15, -0.1) is 11.3 Å². The van der Waals surface area contributed by atoms with E-state index < -0.39 is 0 Å². The van der Waals surface area contributed by atoms with Crippen molar-refractivity contribution in [3.8, 4) is 0 Å². The van der Waals surface area contributed by atoms with Crippen LogP contribution in [0.1, 0.15) is 50.7 Å². The van der Waals surface area contributed by atoms with Crippen LogP contribution in [0.3, 0.4) is 0 Å². The molecular weight excluding hydrogens is 204 g/mol. The fourth-order valence-corrected chi connectivity index (χ4v) is 3.07. The van der Waals surface area contributed by atoms with Gasteiger partial charge in [-0.2, -0.15) is 0 Å². The van der Waals surface area contributed by atoms with Crippen LogP contribution in [-0.2, 0) is 5.41 Å². The van der Waals surface area contributed by atoms with Gasteiger partial charge in [0.1, 0.15) is 0 Å². The number of nitrogens with zero attached hydrogens (tertiary/aromatic N) is 1. The van der Waals surface area contributed by atoms with Crippen molar-refractivity contribution in [3.05, 3.63) is 16.1 Å². The lowest BCUT2D eigenvalue weighted by molar-refractivity contribution is 0.522. The van der Waals surface area contributed by atoms with E-state index in [9.17, 15) is 0 Å². The van der Waals surface area contributed by atoms with Gasteiger partial charge in [0.15, 0.2) is 0 Å². The van der Waals surface area contributed by atoms with Crippen molar-refractivity contribution in [2.75, 3.05) is 6.54 Å². The van der Waals surface area contributed by atoms with Crippen molar-refractivity contribution >= 4 is 11.3 Å². The Morgan fingerprint density at radius 2 is 2.20 bits per heavy atom. The molecule has 2 rings (SSSR count). The SMILES string of the molecule is CC(C)(CN)c1csc(C2CC2(C)C)n1. The highest BCUT2D eigenvalue weighted by Crippen LogP contribution is 2.59. The molecule has 1 saturated carbocycles. The fourth-order valence-electron chi connectivity index (χ4n) is 1.75. The molecule has 1 unspecified atom stereocenters. The Hall–Kier alpha value is -0.410. The van der Waals surface area contributed by atoms with Crippen molar-refractivity contribution < 1.29 is 0 Å². The molecule has 2 N–H and O–H groups in total. The molecule has 0 aromatic carbocycles. The van der Waals surface area contributed by atoms with Crippen molar-refractivity contribution in [3.63, 3.8) is 0 Å². The van der Waals surface area contributed by atoms with Crippen LogP contribution in [0.5, 0.6) is 0 Å². The van der Waals surface area contributed by atoms with Gasteiger partial charge in [-0.3, -0.25) is 0 Å². The van der Waals surface area contributed by atoms with Gasteiger partial charge in [0.05, 0.1) is 10.7 Å². The summed E-state index contributed by atoms with van der Waals surface area (Å²) in [5, 5.41) is 3.48. The summed E-state index contributed by atoms with van der Waals surface area (Å²) in [5.41, 5.74) is 7.41. The Labute approximate surface area is 95.9 Å². The minimum absolute atomic E-state index is 0.0216. The van der Waals surface area contributed by atoms with Crippen LogP contribution in [0.2, 0.25) is 0 Å². The van der Waals surface area contributed by atoms with Gasteiger partial charge in [-0.1, -0.05) is 27.7 Å². The Morgan fingerprint density at radius 1 is 1.60 bits per heavy atom. The first-order valence-corrected chi connectivity index (χ1v) is 6.41. The lowest BCUT2D eigenvalue weighted by Crippen LogP contribution is -2.28. The van der Waals surface area contributed by atoms with Crippen LogP contribution in [0.25, 0.3) is 0 Å². The molecule has 1 fully saturated rings. The van der Waals surface area contributed by atoms with Crippen LogP contribution < -0.4 is 5.73 Å². The average molecular weight is 224 g/mol. The van der Waals surface area contributed by atoms with E-state index in [1.54, 1.807) is 11.3 Å². The van der Waals surface area contributed by atoms with E-state index >= 15 is 0 Å². The largest absolute Gasteiger partial charge is 0.330 e. The first-order chi connectivity index (χ1) is 6.87. The number of rotatable bonds is 3. The normalized spacial score (nSPS) is 24.2. The number of aromatic nitrogens is 1. The Bertz CT molecular complexity index is 365. The average Bonchev–Trinajstić information content (AvgIpc) is 2.65. The molecule has 1 atom stereocenters. The highest BCUT2D eigenvalue weighted by atomic mass is 32.1. The summed E-state index contributed by atoms with van der Waals surface area (Å²) in [7, 11) is 0. The van der Waals surface area contributed by atoms with Gasteiger partial charge in [0.2, 0.25) is 0 Å². The Morgan fingerprint density at radius 3 is 2.67 bits per heavy atom. The molecule has 2 nitrogen and oxygen atoms in total. The van der Waals surface area contributed by atoms with Crippen LogP contribution in [-0.4, -0.2) is 11.5 Å². The molecule has 1 heterocycles. The molecule has 1 aromatic heterocycles. The predicted octanol–water partition coefficient (Wildman–Crippen LogP) is 2.89. The van der Waals surface area contributed by atoms with E-state index in [4.69, 9.17) is 10.7 Å². The zero-order valence-corrected chi connectivity index (χ0v) is 10.8. The third-order valence-corrected chi connectivity index (χ3v) is 4.50. The third-order valence-electron chi connectivity index (χ3n) is 3.54. The monoisotopic (exact) mass is 224 g/mol. The molecule has 0 bridgehead atoms. The maximum atomic E-state index is 5.76. The quantitative estimate of drug-likeness (QED) is 0.857. The Balaban J connectivity index is 2.19. The summed E-state index contributed by atoms with van der Waals surface area (Å²) in [6.07, 6.45) is 1.28. The molecule has 15 heavy (non-hydrogen) atoms. The van der Waals surface area contributed by atoms with E-state index in [0.29, 0.717) is 17.9 Å². The summed E-state index contributed by atoms with van der Waals surface area (Å²) in [4.78, 5) is 4.75. The van der Waals surface area contributed by atoms with Crippen molar-refractivity contribution in [1.82, 2.24) is 4.98 Å². The van der Waals surface area contributed by atoms with Crippen molar-refractivity contribution in [1.29, 1.82) is 0 Å². The first kappa shape index (κ1) is 11.1. The smallest absolute Gasteiger partial charge is 0.0965 e. The van der Waals surface area contributed by atoms with Crippen LogP contribution in [0.4, 0.5) is 0 Å². The van der Waals surface area contributed by atoms with Crippen LogP contribution in [0.15, 0.2) is 5.38 Å². The van der Waals surface area contributed by atoms with E-state index in [1.165, 1.54) is 11.4 Å². The standard InChI is InChI=1S/C12H20N2S/c1-11(2)5-8(11)10-14-9(6-15-10)12(3,4)7-13/h6,8H,5,7,13H2,1-4H3. The van der Waals surface area contributed by atoms with Gasteiger partial charge in [0, 0.05) is 23.3 Å². The molecule has 1 aliphatic rings. The summed E-state index contributed by atoms with van der Waals surface area (Å²) in [5.74, 6) is 0.685. The van der Waals surface area contributed by atoms with E-state index in [1.807, 2.05) is 0 Å². The second-order valence-corrected chi connectivity index (χ2v) is 6.79. The maximum Gasteiger partial charge on any atom is 0.0965 e. The topological polar surface area (TPSA) is 38.9 Å². The fraction of sp³-hybridized carbons (Fsp3) is 0.750. The molecule has 0 amide bonds. The number of thiazole rings is 1. The van der Waals surface area contributed by atoms with Crippen molar-refractivity contribution in [2.24, 2.45) is 11.1 Å². The summed E-state index contributed by atoms with van der Waals surface area (Å²) in [6, 6.07) is 0. The second-order valence-electron chi connectivity index (χ2n) is 5.90. The molecule has 1 aliphatic carbocycles. The molecule has 1 aromatic rings. The Kier molecular flexibility index (Phi) is 2.43.